The van der Waals surface area contributed by atoms with Crippen LogP contribution in [0.1, 0.15) is 11.1 Å². The fourth-order valence-corrected chi connectivity index (χ4v) is 2.02. The summed E-state index contributed by atoms with van der Waals surface area (Å²) in [5.41, 5.74) is 1.90. The number of aromatic hydroxyl groups is 1. The molecule has 0 aliphatic rings. The normalized spacial score (nSPS) is 10.9. The molecule has 0 aromatic heterocycles. The minimum atomic E-state index is -0.561. The topological polar surface area (TPSA) is 23.5 Å². The summed E-state index contributed by atoms with van der Waals surface area (Å²) >= 11 is 0. The number of halogens is 1. The molecule has 2 rings (SSSR count). The van der Waals surface area contributed by atoms with Gasteiger partial charge in [0, 0.05) is 18.7 Å². The van der Waals surface area contributed by atoms with Gasteiger partial charge in [-0.1, -0.05) is 42.5 Å². The second-order valence-electron chi connectivity index (χ2n) is 4.72. The van der Waals surface area contributed by atoms with Gasteiger partial charge in [-0.3, -0.25) is 0 Å². The summed E-state index contributed by atoms with van der Waals surface area (Å²) in [5.74, 6) is -0.803. The fraction of sp³-hybridized carbons (Fsp3) is 0.250. The summed E-state index contributed by atoms with van der Waals surface area (Å²) in [6, 6.07) is 14.9. The number of hydrogen-bond donors (Lipinski definition) is 1. The maximum atomic E-state index is 13.2. The first kappa shape index (κ1) is 13.6. The van der Waals surface area contributed by atoms with Crippen LogP contribution < -0.4 is 0 Å². The fourth-order valence-electron chi connectivity index (χ4n) is 2.02. The van der Waals surface area contributed by atoms with E-state index in [4.69, 9.17) is 0 Å². The molecule has 3 heteroatoms. The molecule has 0 saturated heterocycles. The lowest BCUT2D eigenvalue weighted by atomic mass is 10.1. The van der Waals surface area contributed by atoms with E-state index in [9.17, 15) is 9.50 Å². The first-order chi connectivity index (χ1) is 9.16. The molecule has 2 nitrogen and oxygen atoms in total. The number of para-hydroxylation sites is 1. The van der Waals surface area contributed by atoms with Crippen molar-refractivity contribution in [3.63, 3.8) is 0 Å². The van der Waals surface area contributed by atoms with Crippen molar-refractivity contribution in [1.82, 2.24) is 4.90 Å². The maximum absolute atomic E-state index is 13.2. The monoisotopic (exact) mass is 259 g/mol. The van der Waals surface area contributed by atoms with Gasteiger partial charge in [-0.25, -0.2) is 4.39 Å². The summed E-state index contributed by atoms with van der Waals surface area (Å²) in [5, 5.41) is 9.63. The van der Waals surface area contributed by atoms with Gasteiger partial charge in [0.2, 0.25) is 0 Å². The van der Waals surface area contributed by atoms with E-state index in [0.717, 1.165) is 13.0 Å². The Bertz CT molecular complexity index is 528. The van der Waals surface area contributed by atoms with E-state index in [0.29, 0.717) is 12.1 Å². The van der Waals surface area contributed by atoms with Gasteiger partial charge in [0.05, 0.1) is 0 Å². The largest absolute Gasteiger partial charge is 0.505 e. The van der Waals surface area contributed by atoms with Gasteiger partial charge in [0.25, 0.3) is 0 Å². The van der Waals surface area contributed by atoms with Crippen molar-refractivity contribution in [2.75, 3.05) is 13.6 Å². The highest BCUT2D eigenvalue weighted by atomic mass is 19.1. The molecule has 2 aromatic carbocycles. The SMILES string of the molecule is CN(CCc1ccccc1)Cc1cccc(F)c1O. The van der Waals surface area contributed by atoms with E-state index >= 15 is 0 Å². The highest BCUT2D eigenvalue weighted by molar-refractivity contribution is 5.33. The van der Waals surface area contributed by atoms with Crippen LogP contribution in [0, 0.1) is 5.82 Å². The lowest BCUT2D eigenvalue weighted by Crippen LogP contribution is -2.20. The van der Waals surface area contributed by atoms with Gasteiger partial charge < -0.3 is 10.0 Å². The van der Waals surface area contributed by atoms with Gasteiger partial charge in [0.15, 0.2) is 11.6 Å². The lowest BCUT2D eigenvalue weighted by Gasteiger charge is -2.17. The molecule has 0 spiro atoms. The average Bonchev–Trinajstić information content (AvgIpc) is 2.43. The second-order valence-corrected chi connectivity index (χ2v) is 4.72. The van der Waals surface area contributed by atoms with E-state index < -0.39 is 5.82 Å². The number of nitrogens with zero attached hydrogens (tertiary/aromatic N) is 1. The van der Waals surface area contributed by atoms with Crippen LogP contribution in [-0.2, 0) is 13.0 Å². The van der Waals surface area contributed by atoms with Crippen LogP contribution in [0.3, 0.4) is 0 Å². The predicted octanol–water partition coefficient (Wildman–Crippen LogP) is 3.21. The van der Waals surface area contributed by atoms with Crippen molar-refractivity contribution in [1.29, 1.82) is 0 Å². The number of phenols is 1. The van der Waals surface area contributed by atoms with Gasteiger partial charge in [-0.05, 0) is 25.1 Å². The molecule has 0 bridgehead atoms. The molecule has 0 heterocycles. The van der Waals surface area contributed by atoms with Crippen LogP contribution in [0.5, 0.6) is 5.75 Å². The molecule has 19 heavy (non-hydrogen) atoms. The zero-order valence-corrected chi connectivity index (χ0v) is 11.0. The van der Waals surface area contributed by atoms with Crippen LogP contribution >= 0.6 is 0 Å². The van der Waals surface area contributed by atoms with E-state index in [1.54, 1.807) is 12.1 Å². The van der Waals surface area contributed by atoms with Gasteiger partial charge in [-0.15, -0.1) is 0 Å². The number of rotatable bonds is 5. The second kappa shape index (κ2) is 6.34. The third-order valence-electron chi connectivity index (χ3n) is 3.14. The van der Waals surface area contributed by atoms with Crippen molar-refractivity contribution in [3.05, 3.63) is 65.5 Å². The molecule has 0 aliphatic heterocycles. The molecule has 2 aromatic rings. The minimum Gasteiger partial charge on any atom is -0.505 e. The van der Waals surface area contributed by atoms with Crippen molar-refractivity contribution >= 4 is 0 Å². The smallest absolute Gasteiger partial charge is 0.165 e. The van der Waals surface area contributed by atoms with Crippen LogP contribution in [0.15, 0.2) is 48.5 Å². The Balaban J connectivity index is 1.91. The van der Waals surface area contributed by atoms with Crippen LogP contribution in [-0.4, -0.2) is 23.6 Å². The molecule has 0 atom stereocenters. The molecule has 100 valence electrons. The lowest BCUT2D eigenvalue weighted by molar-refractivity contribution is 0.321. The Labute approximate surface area is 113 Å². The molecular formula is C16H18FNO. The van der Waals surface area contributed by atoms with E-state index in [-0.39, 0.29) is 5.75 Å². The molecule has 1 N–H and O–H groups in total. The van der Waals surface area contributed by atoms with E-state index in [1.165, 1.54) is 11.6 Å². The molecule has 0 fully saturated rings. The first-order valence-electron chi connectivity index (χ1n) is 6.35. The standard InChI is InChI=1S/C16H18FNO/c1-18(11-10-13-6-3-2-4-7-13)12-14-8-5-9-15(17)16(14)19/h2-9,19H,10-12H2,1H3. The van der Waals surface area contributed by atoms with Crippen LogP contribution in [0.25, 0.3) is 0 Å². The Kier molecular flexibility index (Phi) is 4.53. The average molecular weight is 259 g/mol. The van der Waals surface area contributed by atoms with Crippen molar-refractivity contribution in [2.45, 2.75) is 13.0 Å². The molecule has 0 saturated carbocycles. The number of phenolic OH excluding ortho intramolecular Hbond substituents is 1. The number of benzene rings is 2. The van der Waals surface area contributed by atoms with E-state index in [1.807, 2.05) is 25.2 Å². The van der Waals surface area contributed by atoms with Crippen LogP contribution in [0.2, 0.25) is 0 Å². The van der Waals surface area contributed by atoms with Crippen LogP contribution in [0.4, 0.5) is 4.39 Å². The Morgan fingerprint density at radius 2 is 1.79 bits per heavy atom. The minimum absolute atomic E-state index is 0.242. The summed E-state index contributed by atoms with van der Waals surface area (Å²) in [4.78, 5) is 2.07. The number of likely N-dealkylation sites (N-methyl/N-ethyl adjacent to an activating group) is 1. The predicted molar refractivity (Wildman–Crippen MR) is 74.5 cm³/mol. The molecule has 0 unspecified atom stereocenters. The Morgan fingerprint density at radius 3 is 2.53 bits per heavy atom. The molecule has 0 amide bonds. The van der Waals surface area contributed by atoms with Crippen molar-refractivity contribution in [2.24, 2.45) is 0 Å². The van der Waals surface area contributed by atoms with Gasteiger partial charge >= 0.3 is 0 Å². The summed E-state index contributed by atoms with van der Waals surface area (Å²) < 4.78 is 13.2. The summed E-state index contributed by atoms with van der Waals surface area (Å²) in [6.45, 7) is 1.40. The Morgan fingerprint density at radius 1 is 1.05 bits per heavy atom. The number of hydrogen-bond acceptors (Lipinski definition) is 2. The van der Waals surface area contributed by atoms with E-state index in [2.05, 4.69) is 17.0 Å². The zero-order valence-electron chi connectivity index (χ0n) is 11.0. The highest BCUT2D eigenvalue weighted by Gasteiger charge is 2.08. The molecule has 0 radical (unpaired) electrons. The molecular weight excluding hydrogens is 241 g/mol. The first-order valence-corrected chi connectivity index (χ1v) is 6.35. The molecule has 0 aliphatic carbocycles. The Hall–Kier alpha value is -1.87. The third-order valence-corrected chi connectivity index (χ3v) is 3.14. The quantitative estimate of drug-likeness (QED) is 0.891. The maximum Gasteiger partial charge on any atom is 0.165 e. The summed E-state index contributed by atoms with van der Waals surface area (Å²) in [7, 11) is 1.97. The highest BCUT2D eigenvalue weighted by Crippen LogP contribution is 2.21. The van der Waals surface area contributed by atoms with Crippen molar-refractivity contribution in [3.8, 4) is 5.75 Å². The van der Waals surface area contributed by atoms with Crippen molar-refractivity contribution < 1.29 is 9.50 Å². The zero-order chi connectivity index (χ0) is 13.7. The van der Waals surface area contributed by atoms with Gasteiger partial charge in [0.1, 0.15) is 0 Å². The third kappa shape index (κ3) is 3.80. The summed E-state index contributed by atoms with van der Waals surface area (Å²) in [6.07, 6.45) is 0.938. The van der Waals surface area contributed by atoms with Gasteiger partial charge in [-0.2, -0.15) is 0 Å².